The van der Waals surface area contributed by atoms with Crippen molar-refractivity contribution < 1.29 is 0 Å². The molecule has 4 saturated carbocycles. The highest BCUT2D eigenvalue weighted by Gasteiger charge is 2.49. The van der Waals surface area contributed by atoms with Crippen molar-refractivity contribution in [1.29, 1.82) is 0 Å². The van der Waals surface area contributed by atoms with E-state index >= 15 is 0 Å². The van der Waals surface area contributed by atoms with Gasteiger partial charge >= 0.3 is 0 Å². The molecule has 2 nitrogen and oxygen atoms in total. The summed E-state index contributed by atoms with van der Waals surface area (Å²) in [7, 11) is 0. The van der Waals surface area contributed by atoms with E-state index in [9.17, 15) is 0 Å². The van der Waals surface area contributed by atoms with E-state index in [-0.39, 0.29) is 21.7 Å². The van der Waals surface area contributed by atoms with E-state index in [0.717, 1.165) is 0 Å². The molecule has 0 aliphatic heterocycles. The zero-order chi connectivity index (χ0) is 53.8. The van der Waals surface area contributed by atoms with Crippen LogP contribution in [0.4, 0.5) is 34.1 Å². The van der Waals surface area contributed by atoms with Gasteiger partial charge in [-0.25, -0.2) is 0 Å². The molecule has 0 heterocycles. The van der Waals surface area contributed by atoms with Crippen molar-refractivity contribution in [3.05, 3.63) is 263 Å². The maximum atomic E-state index is 2.59. The second-order valence-electron chi connectivity index (χ2n) is 26.0. The van der Waals surface area contributed by atoms with Gasteiger partial charge in [-0.2, -0.15) is 0 Å². The Morgan fingerprint density at radius 2 is 0.402 bits per heavy atom. The molecule has 398 valence electrons. The van der Waals surface area contributed by atoms with Gasteiger partial charge in [0.2, 0.25) is 0 Å². The van der Waals surface area contributed by atoms with Crippen LogP contribution in [0, 0.1) is 0 Å². The first-order valence-electron chi connectivity index (χ1n) is 31.3. The second kappa shape index (κ2) is 17.7. The number of hydrogen-bond donors (Lipinski definition) is 0. The van der Waals surface area contributed by atoms with Crippen molar-refractivity contribution in [2.24, 2.45) is 0 Å². The molecule has 0 amide bonds. The fourth-order valence-electron chi connectivity index (χ4n) is 18.9. The van der Waals surface area contributed by atoms with Gasteiger partial charge in [-0.3, -0.25) is 0 Å². The Morgan fingerprint density at radius 1 is 0.195 bits per heavy atom. The Bertz CT molecular complexity index is 3740. The van der Waals surface area contributed by atoms with Crippen LogP contribution in [0.1, 0.15) is 147 Å². The van der Waals surface area contributed by atoms with Gasteiger partial charge in [-0.05, 0) is 224 Å². The number of nitrogens with zero attached hydrogens (tertiary/aromatic N) is 2. The van der Waals surface area contributed by atoms with Crippen LogP contribution >= 0.6 is 0 Å². The minimum Gasteiger partial charge on any atom is -0.310 e. The van der Waals surface area contributed by atoms with Crippen molar-refractivity contribution in [2.75, 3.05) is 9.80 Å². The molecule has 4 fully saturated rings. The lowest BCUT2D eigenvalue weighted by Gasteiger charge is -2.32. The summed E-state index contributed by atoms with van der Waals surface area (Å²) in [6.07, 6.45) is 20.0. The fraction of sp³-hybridized carbons (Fsp3) is 0.250. The average Bonchev–Trinajstić information content (AvgIpc) is 2.59. The lowest BCUT2D eigenvalue weighted by Crippen LogP contribution is -2.22. The molecule has 8 aliphatic carbocycles. The highest BCUT2D eigenvalue weighted by molar-refractivity contribution is 5.92. The Labute approximate surface area is 484 Å². The topological polar surface area (TPSA) is 6.48 Å². The standard InChI is InChI=1S/C80H68N2/c1-5-21-69-61(17-1)65-37-33-57(49-73(65)77(69)41-9-10-42-77)81(58-34-38-66-62-18-2-6-22-70(62)78(74(66)50-58)43-11-12-44-78)55-29-25-53(26-30-55)54-27-31-56(32-28-54)82(59-35-39-67-63-19-3-7-23-71(63)79(75(67)51-59)45-13-14-46-79)60-36-40-68-64-20-4-8-24-72(64)80(76(68)52-60)47-15-16-48-80/h1-8,17-40,49-52H,9-16,41-48H2. The third kappa shape index (κ3) is 6.47. The molecule has 0 bridgehead atoms. The summed E-state index contributed by atoms with van der Waals surface area (Å²) >= 11 is 0. The summed E-state index contributed by atoms with van der Waals surface area (Å²) in [5.74, 6) is 0. The van der Waals surface area contributed by atoms with Gasteiger partial charge in [0.05, 0.1) is 0 Å². The van der Waals surface area contributed by atoms with Crippen molar-refractivity contribution in [1.82, 2.24) is 0 Å². The zero-order valence-corrected chi connectivity index (χ0v) is 47.0. The number of rotatable bonds is 7. The van der Waals surface area contributed by atoms with Gasteiger partial charge in [-0.1, -0.05) is 197 Å². The van der Waals surface area contributed by atoms with Gasteiger partial charge in [-0.15, -0.1) is 0 Å². The van der Waals surface area contributed by atoms with Crippen molar-refractivity contribution in [3.63, 3.8) is 0 Å². The van der Waals surface area contributed by atoms with E-state index < -0.39 is 0 Å². The largest absolute Gasteiger partial charge is 0.310 e. The molecule has 8 aliphatic rings. The monoisotopic (exact) mass is 1060 g/mol. The molecule has 0 radical (unpaired) electrons. The summed E-state index contributed by atoms with van der Waals surface area (Å²) in [6, 6.07) is 86.0. The summed E-state index contributed by atoms with van der Waals surface area (Å²) < 4.78 is 0. The molecule has 18 rings (SSSR count). The number of fused-ring (bicyclic) bond motifs is 20. The number of hydrogen-bond acceptors (Lipinski definition) is 2. The molecule has 0 atom stereocenters. The molecule has 0 aromatic heterocycles. The Hall–Kier alpha value is -8.20. The van der Waals surface area contributed by atoms with E-state index in [1.54, 1.807) is 0 Å². The molecule has 10 aromatic rings. The van der Waals surface area contributed by atoms with Crippen LogP contribution in [0.5, 0.6) is 0 Å². The summed E-state index contributed by atoms with van der Waals surface area (Å²) in [4.78, 5) is 5.16. The van der Waals surface area contributed by atoms with Crippen molar-refractivity contribution in [2.45, 2.75) is 124 Å². The molecule has 10 aromatic carbocycles. The van der Waals surface area contributed by atoms with E-state index in [1.165, 1.54) is 237 Å². The maximum absolute atomic E-state index is 2.59. The van der Waals surface area contributed by atoms with Crippen molar-refractivity contribution in [3.8, 4) is 55.6 Å². The lowest BCUT2D eigenvalue weighted by atomic mass is 9.76. The fourth-order valence-corrected chi connectivity index (χ4v) is 18.9. The van der Waals surface area contributed by atoms with E-state index in [4.69, 9.17) is 0 Å². The number of benzene rings is 10. The van der Waals surface area contributed by atoms with Crippen LogP contribution in [0.3, 0.4) is 0 Å². The Morgan fingerprint density at radius 3 is 0.646 bits per heavy atom. The molecule has 0 N–H and O–H groups in total. The predicted molar refractivity (Wildman–Crippen MR) is 340 cm³/mol. The van der Waals surface area contributed by atoms with Crippen LogP contribution in [0.15, 0.2) is 218 Å². The van der Waals surface area contributed by atoms with E-state index in [2.05, 4.69) is 228 Å². The molecule has 0 unspecified atom stereocenters. The maximum Gasteiger partial charge on any atom is 0.0465 e. The normalized spacial score (nSPS) is 18.6. The molecule has 0 saturated heterocycles. The zero-order valence-electron chi connectivity index (χ0n) is 47.0. The van der Waals surface area contributed by atoms with Crippen LogP contribution in [0.2, 0.25) is 0 Å². The van der Waals surface area contributed by atoms with Gasteiger partial charge in [0.1, 0.15) is 0 Å². The third-order valence-electron chi connectivity index (χ3n) is 22.5. The van der Waals surface area contributed by atoms with Crippen LogP contribution < -0.4 is 9.80 Å². The average molecular weight is 1060 g/mol. The smallest absolute Gasteiger partial charge is 0.0465 e. The highest BCUT2D eigenvalue weighted by atomic mass is 15.1. The first-order chi connectivity index (χ1) is 40.5. The van der Waals surface area contributed by atoms with Crippen molar-refractivity contribution >= 4 is 34.1 Å². The first-order valence-corrected chi connectivity index (χ1v) is 31.3. The molecule has 82 heavy (non-hydrogen) atoms. The summed E-state index contributed by atoms with van der Waals surface area (Å²) in [5.41, 5.74) is 33.8. The van der Waals surface area contributed by atoms with Crippen LogP contribution in [-0.4, -0.2) is 0 Å². The first kappa shape index (κ1) is 47.4. The Kier molecular flexibility index (Phi) is 10.2. The minimum absolute atomic E-state index is 0.0850. The second-order valence-corrected chi connectivity index (χ2v) is 26.0. The van der Waals surface area contributed by atoms with Crippen LogP contribution in [-0.2, 0) is 21.7 Å². The molecule has 4 spiro atoms. The minimum atomic E-state index is 0.0850. The Balaban J connectivity index is 0.744. The highest BCUT2D eigenvalue weighted by Crippen LogP contribution is 2.63. The SMILES string of the molecule is c1ccc2c(c1)-c1ccc(N(c3ccc(-c4ccc(N(c5ccc6c(c5)C5(CCCC5)c5ccccc5-6)c5ccc6c(c5)C5(CCCC5)c5ccccc5-6)cc4)cc3)c3ccc4c(c3)C3(CCCC3)c3ccccc3-4)cc1C21CCCC1. The summed E-state index contributed by atoms with van der Waals surface area (Å²) in [5, 5.41) is 0. The molecule has 2 heteroatoms. The van der Waals surface area contributed by atoms with Gasteiger partial charge in [0.15, 0.2) is 0 Å². The van der Waals surface area contributed by atoms with Crippen LogP contribution in [0.25, 0.3) is 55.6 Å². The third-order valence-corrected chi connectivity index (χ3v) is 22.5. The summed E-state index contributed by atoms with van der Waals surface area (Å²) in [6.45, 7) is 0. The quantitative estimate of drug-likeness (QED) is 0.157. The van der Waals surface area contributed by atoms with Gasteiger partial charge in [0.25, 0.3) is 0 Å². The van der Waals surface area contributed by atoms with E-state index in [0.29, 0.717) is 0 Å². The molecular formula is C80H68N2. The molecular weight excluding hydrogens is 989 g/mol. The van der Waals surface area contributed by atoms with E-state index in [1.807, 2.05) is 0 Å². The van der Waals surface area contributed by atoms with Gasteiger partial charge < -0.3 is 9.80 Å². The lowest BCUT2D eigenvalue weighted by molar-refractivity contribution is 0.549. The predicted octanol–water partition coefficient (Wildman–Crippen LogP) is 21.7. The van der Waals surface area contributed by atoms with Gasteiger partial charge in [0, 0.05) is 55.8 Å². The number of anilines is 6.